The highest BCUT2D eigenvalue weighted by atomic mass is 19.1. The average Bonchev–Trinajstić information content (AvgIpc) is 3.33. The number of likely N-dealkylation sites (tertiary alicyclic amines) is 1. The highest BCUT2D eigenvalue weighted by Crippen LogP contribution is 2.38. The van der Waals surface area contributed by atoms with E-state index in [0.717, 1.165) is 29.8 Å². The van der Waals surface area contributed by atoms with Crippen molar-refractivity contribution in [3.63, 3.8) is 0 Å². The number of nitrogens with zero attached hydrogens (tertiary/aromatic N) is 4. The number of aromatic nitrogens is 3. The highest BCUT2D eigenvalue weighted by molar-refractivity contribution is 5.95. The summed E-state index contributed by atoms with van der Waals surface area (Å²) in [7, 11) is 1.83. The zero-order chi connectivity index (χ0) is 18.3. The molecule has 0 unspecified atom stereocenters. The molecule has 1 aromatic carbocycles. The fraction of sp³-hybridized carbons (Fsp3) is 0.316. The molecule has 1 fully saturated rings. The maximum Gasteiger partial charge on any atom is 0.257 e. The van der Waals surface area contributed by atoms with Crippen LogP contribution in [0.5, 0.6) is 0 Å². The van der Waals surface area contributed by atoms with Gasteiger partial charge in [0.2, 0.25) is 0 Å². The molecule has 0 N–H and O–H groups in total. The Kier molecular flexibility index (Phi) is 4.06. The first-order valence-electron chi connectivity index (χ1n) is 8.57. The smallest absolute Gasteiger partial charge is 0.257 e. The van der Waals surface area contributed by atoms with Gasteiger partial charge in [0.05, 0.1) is 28.6 Å². The van der Waals surface area contributed by atoms with Crippen molar-refractivity contribution >= 4 is 5.91 Å². The molecule has 134 valence electrons. The number of amides is 1. The number of benzene rings is 1. The molecule has 1 aliphatic heterocycles. The monoisotopic (exact) mass is 354 g/mol. The van der Waals surface area contributed by atoms with Crippen molar-refractivity contribution in [1.82, 2.24) is 19.8 Å². The van der Waals surface area contributed by atoms with Gasteiger partial charge in [0.15, 0.2) is 5.76 Å². The van der Waals surface area contributed by atoms with Gasteiger partial charge >= 0.3 is 0 Å². The number of carbonyl (C=O) groups excluding carboxylic acids is 1. The number of rotatable bonds is 3. The topological polar surface area (TPSA) is 64.2 Å². The van der Waals surface area contributed by atoms with E-state index in [4.69, 9.17) is 4.52 Å². The molecule has 0 radical (unpaired) electrons. The van der Waals surface area contributed by atoms with Crippen molar-refractivity contribution in [2.45, 2.75) is 25.8 Å². The maximum absolute atomic E-state index is 14.1. The van der Waals surface area contributed by atoms with Crippen LogP contribution in [0.3, 0.4) is 0 Å². The molecule has 4 rings (SSSR count). The van der Waals surface area contributed by atoms with E-state index in [1.54, 1.807) is 21.7 Å². The summed E-state index contributed by atoms with van der Waals surface area (Å²) in [6.45, 7) is 2.43. The molecular weight excluding hydrogens is 335 g/mol. The summed E-state index contributed by atoms with van der Waals surface area (Å²) >= 11 is 0. The molecule has 0 spiro atoms. The lowest BCUT2D eigenvalue weighted by Gasteiger charge is -2.24. The van der Waals surface area contributed by atoms with Crippen molar-refractivity contribution in [2.75, 3.05) is 6.54 Å². The first-order valence-corrected chi connectivity index (χ1v) is 8.57. The summed E-state index contributed by atoms with van der Waals surface area (Å²) < 4.78 is 21.2. The lowest BCUT2D eigenvalue weighted by atomic mass is 10.0. The van der Waals surface area contributed by atoms with Gasteiger partial charge in [0.1, 0.15) is 5.82 Å². The Balaban J connectivity index is 1.72. The van der Waals surface area contributed by atoms with Crippen LogP contribution in [0.15, 0.2) is 41.1 Å². The zero-order valence-electron chi connectivity index (χ0n) is 14.6. The molecule has 3 heterocycles. The molecule has 7 heteroatoms. The number of aryl methyl sites for hydroxylation is 2. The van der Waals surface area contributed by atoms with E-state index in [9.17, 15) is 9.18 Å². The van der Waals surface area contributed by atoms with Gasteiger partial charge in [-0.3, -0.25) is 9.48 Å². The Morgan fingerprint density at radius 3 is 2.88 bits per heavy atom. The molecule has 1 saturated heterocycles. The van der Waals surface area contributed by atoms with E-state index in [2.05, 4.69) is 10.3 Å². The van der Waals surface area contributed by atoms with Gasteiger partial charge in [-0.15, -0.1) is 0 Å². The van der Waals surface area contributed by atoms with Crippen LogP contribution in [0.25, 0.3) is 11.3 Å². The summed E-state index contributed by atoms with van der Waals surface area (Å²) in [4.78, 5) is 14.6. The first-order chi connectivity index (χ1) is 12.5. The van der Waals surface area contributed by atoms with Crippen LogP contribution in [0, 0.1) is 12.7 Å². The number of hydrogen-bond donors (Lipinski definition) is 0. The molecule has 0 aliphatic carbocycles. The highest BCUT2D eigenvalue weighted by Gasteiger charge is 2.35. The van der Waals surface area contributed by atoms with Crippen molar-refractivity contribution in [3.8, 4) is 11.3 Å². The third kappa shape index (κ3) is 2.79. The fourth-order valence-corrected chi connectivity index (χ4v) is 3.52. The minimum atomic E-state index is -0.504. The van der Waals surface area contributed by atoms with Gasteiger partial charge < -0.3 is 9.42 Å². The van der Waals surface area contributed by atoms with E-state index in [0.29, 0.717) is 12.3 Å². The third-order valence-electron chi connectivity index (χ3n) is 4.68. The van der Waals surface area contributed by atoms with Gasteiger partial charge in [-0.1, -0.05) is 17.3 Å². The molecule has 1 atom stereocenters. The van der Waals surface area contributed by atoms with Crippen LogP contribution < -0.4 is 0 Å². The van der Waals surface area contributed by atoms with Crippen molar-refractivity contribution < 1.29 is 13.7 Å². The Hall–Kier alpha value is -2.96. The molecule has 0 saturated carbocycles. The Bertz CT molecular complexity index is 962. The Labute approximate surface area is 150 Å². The fourth-order valence-electron chi connectivity index (χ4n) is 3.52. The van der Waals surface area contributed by atoms with E-state index in [1.165, 1.54) is 12.1 Å². The SMILES string of the molecule is Cc1cc(-c2cn(C)nc2[C@@H]2CCCN2C(=O)c2ccccc2F)on1. The van der Waals surface area contributed by atoms with Crippen LogP contribution in [0.2, 0.25) is 0 Å². The summed E-state index contributed by atoms with van der Waals surface area (Å²) in [5.74, 6) is -0.193. The van der Waals surface area contributed by atoms with Crippen LogP contribution in [0.1, 0.15) is 40.6 Å². The minimum Gasteiger partial charge on any atom is -0.356 e. The van der Waals surface area contributed by atoms with Crippen LogP contribution in [0.4, 0.5) is 4.39 Å². The minimum absolute atomic E-state index is 0.0902. The van der Waals surface area contributed by atoms with E-state index < -0.39 is 5.82 Å². The van der Waals surface area contributed by atoms with Crippen molar-refractivity contribution in [3.05, 3.63) is 59.3 Å². The van der Waals surface area contributed by atoms with Crippen LogP contribution in [-0.4, -0.2) is 32.3 Å². The molecule has 6 nitrogen and oxygen atoms in total. The first kappa shape index (κ1) is 16.5. The second-order valence-electron chi connectivity index (χ2n) is 6.57. The molecule has 0 bridgehead atoms. The van der Waals surface area contributed by atoms with Gasteiger partial charge in [-0.25, -0.2) is 4.39 Å². The summed E-state index contributed by atoms with van der Waals surface area (Å²) in [6.07, 6.45) is 3.48. The summed E-state index contributed by atoms with van der Waals surface area (Å²) in [6, 6.07) is 7.71. The average molecular weight is 354 g/mol. The zero-order valence-corrected chi connectivity index (χ0v) is 14.6. The van der Waals surface area contributed by atoms with E-state index in [1.807, 2.05) is 26.2 Å². The van der Waals surface area contributed by atoms with Gasteiger partial charge in [-0.05, 0) is 31.9 Å². The standard InChI is InChI=1S/C19H19FN4O2/c1-12-10-17(26-22-12)14-11-23(2)21-18(14)16-8-5-9-24(16)19(25)13-6-3-4-7-15(13)20/h3-4,6-7,10-11,16H,5,8-9H2,1-2H3/t16-/m0/s1. The maximum atomic E-state index is 14.1. The van der Waals surface area contributed by atoms with Gasteiger partial charge in [-0.2, -0.15) is 5.10 Å². The lowest BCUT2D eigenvalue weighted by molar-refractivity contribution is 0.0728. The van der Waals surface area contributed by atoms with Crippen LogP contribution >= 0.6 is 0 Å². The molecular formula is C19H19FN4O2. The van der Waals surface area contributed by atoms with Gasteiger partial charge in [0.25, 0.3) is 5.91 Å². The van der Waals surface area contributed by atoms with Crippen LogP contribution in [-0.2, 0) is 7.05 Å². The molecule has 3 aromatic rings. The van der Waals surface area contributed by atoms with Crippen molar-refractivity contribution in [1.29, 1.82) is 0 Å². The summed E-state index contributed by atoms with van der Waals surface area (Å²) in [5.41, 5.74) is 2.44. The Morgan fingerprint density at radius 1 is 1.35 bits per heavy atom. The number of hydrogen-bond acceptors (Lipinski definition) is 4. The number of carbonyl (C=O) groups is 1. The second-order valence-corrected chi connectivity index (χ2v) is 6.57. The Morgan fingerprint density at radius 2 is 2.15 bits per heavy atom. The molecule has 1 aliphatic rings. The van der Waals surface area contributed by atoms with E-state index in [-0.39, 0.29) is 17.5 Å². The quantitative estimate of drug-likeness (QED) is 0.722. The van der Waals surface area contributed by atoms with Crippen molar-refractivity contribution in [2.24, 2.45) is 7.05 Å². The summed E-state index contributed by atoms with van der Waals surface area (Å²) in [5, 5.41) is 8.51. The molecule has 26 heavy (non-hydrogen) atoms. The lowest BCUT2D eigenvalue weighted by Crippen LogP contribution is -2.31. The normalized spacial score (nSPS) is 17.0. The third-order valence-corrected chi connectivity index (χ3v) is 4.68. The number of halogens is 1. The predicted octanol–water partition coefficient (Wildman–Crippen LogP) is 3.50. The predicted molar refractivity (Wildman–Crippen MR) is 92.9 cm³/mol. The van der Waals surface area contributed by atoms with Gasteiger partial charge in [0, 0.05) is 25.9 Å². The molecule has 1 amide bonds. The molecule has 2 aromatic heterocycles. The van der Waals surface area contributed by atoms with E-state index >= 15 is 0 Å². The second kappa shape index (κ2) is 6.40. The largest absolute Gasteiger partial charge is 0.356 e.